The third-order valence-electron chi connectivity index (χ3n) is 4.41. The molecule has 2 heterocycles. The van der Waals surface area contributed by atoms with Gasteiger partial charge >= 0.3 is 6.18 Å². The minimum atomic E-state index is -4.38. The highest BCUT2D eigenvalue weighted by Crippen LogP contribution is 2.39. The van der Waals surface area contributed by atoms with Gasteiger partial charge in [-0.25, -0.2) is 9.37 Å². The number of piperidine rings is 1. The van der Waals surface area contributed by atoms with Gasteiger partial charge in [0.25, 0.3) is 0 Å². The fourth-order valence-corrected chi connectivity index (χ4v) is 2.95. The Morgan fingerprint density at radius 1 is 1.19 bits per heavy atom. The van der Waals surface area contributed by atoms with E-state index in [1.807, 2.05) is 0 Å². The second-order valence-electron chi connectivity index (χ2n) is 6.09. The van der Waals surface area contributed by atoms with E-state index in [1.54, 1.807) is 4.90 Å². The van der Waals surface area contributed by atoms with Crippen LogP contribution in [0.5, 0.6) is 0 Å². The van der Waals surface area contributed by atoms with Crippen molar-refractivity contribution in [2.75, 3.05) is 18.0 Å². The first-order valence-electron chi connectivity index (χ1n) is 7.36. The molecule has 0 unspecified atom stereocenters. The summed E-state index contributed by atoms with van der Waals surface area (Å²) in [5, 5.41) is 0. The zero-order valence-corrected chi connectivity index (χ0v) is 11.6. The van der Waals surface area contributed by atoms with Gasteiger partial charge in [0.2, 0.25) is 0 Å². The van der Waals surface area contributed by atoms with Gasteiger partial charge in [-0.2, -0.15) is 13.2 Å². The standard InChI is InChI=1S/C15H18F4N2/c16-13-9-21(6-5-11(13)7-10-1-2-10)14-4-3-12(8-20-14)15(17,18)19/h3-4,8,10-11,13H,1-2,5-7,9H2/t11-,13-/m0/s1. The summed E-state index contributed by atoms with van der Waals surface area (Å²) in [4.78, 5) is 5.59. The number of nitrogens with zero attached hydrogens (tertiary/aromatic N) is 2. The lowest BCUT2D eigenvalue weighted by Gasteiger charge is -2.35. The number of rotatable bonds is 3. The van der Waals surface area contributed by atoms with Crippen molar-refractivity contribution >= 4 is 5.82 Å². The molecule has 1 saturated heterocycles. The third-order valence-corrected chi connectivity index (χ3v) is 4.41. The Labute approximate surface area is 121 Å². The normalized spacial score (nSPS) is 27.0. The number of alkyl halides is 4. The van der Waals surface area contributed by atoms with Crippen molar-refractivity contribution in [1.82, 2.24) is 4.98 Å². The largest absolute Gasteiger partial charge is 0.417 e. The molecule has 0 spiro atoms. The van der Waals surface area contributed by atoms with Gasteiger partial charge in [0.05, 0.1) is 12.1 Å². The first kappa shape index (κ1) is 14.6. The van der Waals surface area contributed by atoms with Gasteiger partial charge in [0.15, 0.2) is 0 Å². The lowest BCUT2D eigenvalue weighted by molar-refractivity contribution is -0.137. The molecule has 21 heavy (non-hydrogen) atoms. The topological polar surface area (TPSA) is 16.1 Å². The first-order valence-corrected chi connectivity index (χ1v) is 7.36. The van der Waals surface area contributed by atoms with Crippen LogP contribution in [0.25, 0.3) is 0 Å². The van der Waals surface area contributed by atoms with Gasteiger partial charge in [0.1, 0.15) is 12.0 Å². The molecule has 2 nitrogen and oxygen atoms in total. The second kappa shape index (κ2) is 5.46. The molecule has 116 valence electrons. The van der Waals surface area contributed by atoms with Crippen LogP contribution in [0.3, 0.4) is 0 Å². The van der Waals surface area contributed by atoms with Gasteiger partial charge in [-0.05, 0) is 36.8 Å². The Bertz CT molecular complexity index is 481. The van der Waals surface area contributed by atoms with Gasteiger partial charge < -0.3 is 4.90 Å². The molecule has 1 aromatic heterocycles. The van der Waals surface area contributed by atoms with Crippen LogP contribution in [-0.4, -0.2) is 24.2 Å². The number of aromatic nitrogens is 1. The number of halogens is 4. The second-order valence-corrected chi connectivity index (χ2v) is 6.09. The van der Waals surface area contributed by atoms with Crippen molar-refractivity contribution < 1.29 is 17.6 Å². The van der Waals surface area contributed by atoms with Crippen molar-refractivity contribution in [3.05, 3.63) is 23.9 Å². The van der Waals surface area contributed by atoms with Crippen molar-refractivity contribution in [2.45, 2.75) is 38.0 Å². The summed E-state index contributed by atoms with van der Waals surface area (Å²) in [6.45, 7) is 0.895. The molecule has 0 N–H and O–H groups in total. The van der Waals surface area contributed by atoms with Gasteiger partial charge in [-0.3, -0.25) is 0 Å². The summed E-state index contributed by atoms with van der Waals surface area (Å²) in [5.41, 5.74) is -0.772. The maximum atomic E-state index is 14.2. The van der Waals surface area contributed by atoms with Crippen LogP contribution in [0.2, 0.25) is 0 Å². The molecule has 2 fully saturated rings. The van der Waals surface area contributed by atoms with E-state index in [0.29, 0.717) is 18.3 Å². The van der Waals surface area contributed by atoms with Crippen LogP contribution in [0.15, 0.2) is 18.3 Å². The van der Waals surface area contributed by atoms with Gasteiger partial charge in [-0.1, -0.05) is 12.8 Å². The molecule has 1 aliphatic heterocycles. The Kier molecular flexibility index (Phi) is 3.80. The Morgan fingerprint density at radius 3 is 2.48 bits per heavy atom. The summed E-state index contributed by atoms with van der Waals surface area (Å²) in [6.07, 6.45) is -0.343. The molecule has 6 heteroatoms. The summed E-state index contributed by atoms with van der Waals surface area (Å²) in [5.74, 6) is 1.22. The zero-order chi connectivity index (χ0) is 15.0. The molecule has 1 aliphatic carbocycles. The van der Waals surface area contributed by atoms with E-state index in [-0.39, 0.29) is 12.5 Å². The Hall–Kier alpha value is -1.33. The van der Waals surface area contributed by atoms with Crippen LogP contribution in [-0.2, 0) is 6.18 Å². The average molecular weight is 302 g/mol. The molecule has 0 radical (unpaired) electrons. The van der Waals surface area contributed by atoms with Crippen LogP contribution < -0.4 is 4.90 Å². The van der Waals surface area contributed by atoms with E-state index in [4.69, 9.17) is 0 Å². The predicted octanol–water partition coefficient (Wildman–Crippen LogP) is 4.06. The molecule has 1 saturated carbocycles. The lowest BCUT2D eigenvalue weighted by atomic mass is 9.90. The lowest BCUT2D eigenvalue weighted by Crippen LogP contribution is -2.42. The minimum Gasteiger partial charge on any atom is -0.354 e. The van der Waals surface area contributed by atoms with Crippen molar-refractivity contribution in [3.8, 4) is 0 Å². The fourth-order valence-electron chi connectivity index (χ4n) is 2.95. The molecule has 0 aromatic carbocycles. The van der Waals surface area contributed by atoms with E-state index in [2.05, 4.69) is 4.98 Å². The molecular weight excluding hydrogens is 284 g/mol. The Morgan fingerprint density at radius 2 is 1.95 bits per heavy atom. The molecule has 2 atom stereocenters. The molecule has 1 aromatic rings. The maximum absolute atomic E-state index is 14.2. The smallest absolute Gasteiger partial charge is 0.354 e. The summed E-state index contributed by atoms with van der Waals surface area (Å²) in [7, 11) is 0. The molecule has 0 bridgehead atoms. The van der Waals surface area contributed by atoms with Gasteiger partial charge in [0, 0.05) is 12.7 Å². The van der Waals surface area contributed by atoms with Crippen LogP contribution in [0.1, 0.15) is 31.2 Å². The van der Waals surface area contributed by atoms with E-state index in [9.17, 15) is 17.6 Å². The third kappa shape index (κ3) is 3.47. The van der Waals surface area contributed by atoms with Crippen LogP contribution in [0, 0.1) is 11.8 Å². The van der Waals surface area contributed by atoms with Crippen molar-refractivity contribution in [3.63, 3.8) is 0 Å². The van der Waals surface area contributed by atoms with Crippen LogP contribution in [0.4, 0.5) is 23.4 Å². The molecule has 2 aliphatic rings. The Balaban J connectivity index is 1.62. The van der Waals surface area contributed by atoms with Crippen molar-refractivity contribution in [1.29, 1.82) is 0 Å². The minimum absolute atomic E-state index is 0.100. The van der Waals surface area contributed by atoms with Gasteiger partial charge in [-0.15, -0.1) is 0 Å². The first-order chi connectivity index (χ1) is 9.93. The van der Waals surface area contributed by atoms with Crippen molar-refractivity contribution in [2.24, 2.45) is 11.8 Å². The van der Waals surface area contributed by atoms with Crippen LogP contribution >= 0.6 is 0 Å². The highest BCUT2D eigenvalue weighted by molar-refractivity contribution is 5.40. The average Bonchev–Trinajstić information content (AvgIpc) is 3.24. The predicted molar refractivity (Wildman–Crippen MR) is 71.8 cm³/mol. The number of hydrogen-bond donors (Lipinski definition) is 0. The highest BCUT2D eigenvalue weighted by atomic mass is 19.4. The number of anilines is 1. The molecule has 0 amide bonds. The monoisotopic (exact) mass is 302 g/mol. The SMILES string of the molecule is F[C@H]1CN(c2ccc(C(F)(F)F)cn2)CC[C@H]1CC1CC1. The van der Waals surface area contributed by atoms with E-state index >= 15 is 0 Å². The molecular formula is C15H18F4N2. The van der Waals surface area contributed by atoms with E-state index in [0.717, 1.165) is 25.1 Å². The molecule has 3 rings (SSSR count). The fraction of sp³-hybridized carbons (Fsp3) is 0.667. The quantitative estimate of drug-likeness (QED) is 0.783. The maximum Gasteiger partial charge on any atom is 0.417 e. The number of hydrogen-bond acceptors (Lipinski definition) is 2. The summed E-state index contributed by atoms with van der Waals surface area (Å²) < 4.78 is 51.7. The summed E-state index contributed by atoms with van der Waals surface area (Å²) in [6, 6.07) is 2.34. The highest BCUT2D eigenvalue weighted by Gasteiger charge is 2.35. The van der Waals surface area contributed by atoms with E-state index < -0.39 is 17.9 Å². The number of pyridine rings is 1. The summed E-state index contributed by atoms with van der Waals surface area (Å²) >= 11 is 0. The zero-order valence-electron chi connectivity index (χ0n) is 11.6. The van der Waals surface area contributed by atoms with E-state index in [1.165, 1.54) is 18.9 Å².